The van der Waals surface area contributed by atoms with Crippen LogP contribution < -0.4 is 4.90 Å². The van der Waals surface area contributed by atoms with Crippen LogP contribution in [0.15, 0.2) is 18.3 Å². The molecule has 0 spiro atoms. The van der Waals surface area contributed by atoms with Gasteiger partial charge in [0.15, 0.2) is 0 Å². The zero-order chi connectivity index (χ0) is 9.80. The average Bonchev–Trinajstić information content (AvgIpc) is 2.30. The van der Waals surface area contributed by atoms with E-state index in [1.807, 2.05) is 12.1 Å². The number of aromatic nitrogens is 1. The summed E-state index contributed by atoms with van der Waals surface area (Å²) in [6.45, 7) is 2.14. The third-order valence-electron chi connectivity index (χ3n) is 2.44. The van der Waals surface area contributed by atoms with Crippen LogP contribution in [0.1, 0.15) is 5.56 Å². The molecule has 2 nitrogen and oxygen atoms in total. The van der Waals surface area contributed by atoms with E-state index in [0.717, 1.165) is 37.1 Å². The first kappa shape index (κ1) is 9.14. The molecule has 0 atom stereocenters. The fourth-order valence-corrected chi connectivity index (χ4v) is 1.64. The Balaban J connectivity index is 2.12. The van der Waals surface area contributed by atoms with Crippen LogP contribution in [-0.4, -0.2) is 25.4 Å². The molecule has 1 fully saturated rings. The molecule has 0 aromatic carbocycles. The molecule has 69 valence electrons. The highest BCUT2D eigenvalue weighted by molar-refractivity contribution is 6.36. The molecule has 1 radical (unpaired) electrons. The molecule has 14 heavy (non-hydrogen) atoms. The van der Waals surface area contributed by atoms with E-state index in [2.05, 4.69) is 23.1 Å². The Morgan fingerprint density at radius 1 is 1.36 bits per heavy atom. The highest BCUT2D eigenvalue weighted by Crippen LogP contribution is 2.15. The Morgan fingerprint density at radius 3 is 2.71 bits per heavy atom. The zero-order valence-electron chi connectivity index (χ0n) is 8.11. The van der Waals surface area contributed by atoms with Crippen LogP contribution >= 0.6 is 0 Å². The van der Waals surface area contributed by atoms with E-state index in [4.69, 9.17) is 6.42 Å². The van der Waals surface area contributed by atoms with Gasteiger partial charge in [-0.3, -0.25) is 0 Å². The van der Waals surface area contributed by atoms with Gasteiger partial charge in [-0.15, -0.1) is 6.42 Å². The van der Waals surface area contributed by atoms with Gasteiger partial charge in [0.2, 0.25) is 0 Å². The molecule has 3 heteroatoms. The van der Waals surface area contributed by atoms with E-state index >= 15 is 0 Å². The van der Waals surface area contributed by atoms with Crippen LogP contribution in [0.5, 0.6) is 0 Å². The molecule has 0 aliphatic carbocycles. The summed E-state index contributed by atoms with van der Waals surface area (Å²) in [6.07, 6.45) is 9.33. The van der Waals surface area contributed by atoms with Crippen molar-refractivity contribution in [1.82, 2.24) is 4.98 Å². The summed E-state index contributed by atoms with van der Waals surface area (Å²) in [5.41, 5.74) is 0.845. The third kappa shape index (κ3) is 1.90. The van der Waals surface area contributed by atoms with Crippen LogP contribution in [0.25, 0.3) is 0 Å². The molecule has 0 bridgehead atoms. The highest BCUT2D eigenvalue weighted by atomic mass is 15.2. The summed E-state index contributed by atoms with van der Waals surface area (Å²) >= 11 is 0. The van der Waals surface area contributed by atoms with Gasteiger partial charge in [-0.1, -0.05) is 18.6 Å². The lowest BCUT2D eigenvalue weighted by molar-refractivity contribution is 0.811. The van der Waals surface area contributed by atoms with Crippen molar-refractivity contribution in [2.75, 3.05) is 18.0 Å². The number of hydrogen-bond acceptors (Lipinski definition) is 2. The van der Waals surface area contributed by atoms with Crippen LogP contribution in [0.3, 0.4) is 0 Å². The predicted octanol–water partition coefficient (Wildman–Crippen LogP) is 1.42. The predicted molar refractivity (Wildman–Crippen MR) is 59.8 cm³/mol. The normalized spacial score (nSPS) is 15.8. The second-order valence-electron chi connectivity index (χ2n) is 3.40. The van der Waals surface area contributed by atoms with Crippen LogP contribution in [0.2, 0.25) is 12.6 Å². The largest absolute Gasteiger partial charge is 0.358 e. The summed E-state index contributed by atoms with van der Waals surface area (Å²) < 4.78 is 0. The first-order chi connectivity index (χ1) is 6.90. The van der Waals surface area contributed by atoms with Crippen LogP contribution in [0.4, 0.5) is 5.82 Å². The van der Waals surface area contributed by atoms with Crippen molar-refractivity contribution in [2.45, 2.75) is 12.6 Å². The maximum Gasteiger partial charge on any atom is 0.128 e. The minimum Gasteiger partial charge on any atom is -0.358 e. The zero-order valence-corrected chi connectivity index (χ0v) is 8.11. The summed E-state index contributed by atoms with van der Waals surface area (Å²) in [5, 5.41) is 0. The topological polar surface area (TPSA) is 16.1 Å². The number of nitrogens with zero attached hydrogens (tertiary/aromatic N) is 2. The van der Waals surface area contributed by atoms with Crippen molar-refractivity contribution in [2.24, 2.45) is 0 Å². The summed E-state index contributed by atoms with van der Waals surface area (Å²) in [6, 6.07) is 3.95. The number of rotatable bonds is 1. The monoisotopic (exact) mass is 183 g/mol. The van der Waals surface area contributed by atoms with Gasteiger partial charge in [-0.25, -0.2) is 4.98 Å². The smallest absolute Gasteiger partial charge is 0.128 e. The number of pyridine rings is 1. The Labute approximate surface area is 85.6 Å². The van der Waals surface area contributed by atoms with Gasteiger partial charge in [0.1, 0.15) is 13.1 Å². The molecule has 1 aliphatic rings. The average molecular weight is 183 g/mol. The molecule has 0 unspecified atom stereocenters. The highest BCUT2D eigenvalue weighted by Gasteiger charge is 2.11. The fourth-order valence-electron chi connectivity index (χ4n) is 1.64. The van der Waals surface area contributed by atoms with E-state index in [-0.39, 0.29) is 0 Å². The Morgan fingerprint density at radius 2 is 2.14 bits per heavy atom. The Kier molecular flexibility index (Phi) is 2.74. The second kappa shape index (κ2) is 4.19. The lowest BCUT2D eigenvalue weighted by Crippen LogP contribution is -2.32. The molecule has 1 aliphatic heterocycles. The van der Waals surface area contributed by atoms with Gasteiger partial charge in [-0.2, -0.15) is 0 Å². The maximum absolute atomic E-state index is 5.27. The molecular weight excluding hydrogens is 171 g/mol. The third-order valence-corrected chi connectivity index (χ3v) is 2.44. The van der Waals surface area contributed by atoms with E-state index in [0.29, 0.717) is 0 Å². The van der Waals surface area contributed by atoms with Crippen molar-refractivity contribution >= 4 is 13.1 Å². The summed E-state index contributed by atoms with van der Waals surface area (Å²) in [4.78, 5) is 6.63. The standard InChI is InChI=1S/C11H12BN2/c1-2-10-3-4-11(13-9-10)14-7-5-12-6-8-14/h1,3-4,9H,5-8H2. The van der Waals surface area contributed by atoms with E-state index in [1.165, 1.54) is 0 Å². The Hall–Kier alpha value is -1.43. The number of terminal acetylenes is 1. The van der Waals surface area contributed by atoms with Gasteiger partial charge >= 0.3 is 0 Å². The number of hydrogen-bond donors (Lipinski definition) is 0. The minimum atomic E-state index is 0.845. The lowest BCUT2D eigenvalue weighted by atomic mass is 9.68. The lowest BCUT2D eigenvalue weighted by Gasteiger charge is -2.27. The van der Waals surface area contributed by atoms with Crippen molar-refractivity contribution in [3.8, 4) is 12.3 Å². The van der Waals surface area contributed by atoms with Gasteiger partial charge in [0, 0.05) is 24.8 Å². The summed E-state index contributed by atoms with van der Waals surface area (Å²) in [5.74, 6) is 3.61. The molecule has 1 aromatic rings. The van der Waals surface area contributed by atoms with Gasteiger partial charge in [0.05, 0.1) is 0 Å². The molecule has 0 N–H and O–H groups in total. The Bertz CT molecular complexity index is 333. The first-order valence-corrected chi connectivity index (χ1v) is 4.89. The van der Waals surface area contributed by atoms with Crippen molar-refractivity contribution < 1.29 is 0 Å². The molecule has 0 amide bonds. The van der Waals surface area contributed by atoms with Crippen molar-refractivity contribution in [1.29, 1.82) is 0 Å². The molecule has 2 rings (SSSR count). The fraction of sp³-hybridized carbons (Fsp3) is 0.364. The molecular formula is C11H12BN2. The SMILES string of the molecule is C#Cc1ccc(N2CC[B]CC2)nc1. The van der Waals surface area contributed by atoms with Gasteiger partial charge in [-0.05, 0) is 12.1 Å². The minimum absolute atomic E-state index is 0.845. The first-order valence-electron chi connectivity index (χ1n) is 4.89. The van der Waals surface area contributed by atoms with Crippen molar-refractivity contribution in [3.05, 3.63) is 23.9 Å². The number of anilines is 1. The second-order valence-corrected chi connectivity index (χ2v) is 3.40. The maximum atomic E-state index is 5.27. The summed E-state index contributed by atoms with van der Waals surface area (Å²) in [7, 11) is 2.33. The quantitative estimate of drug-likeness (QED) is 0.483. The molecule has 0 saturated carbocycles. The van der Waals surface area contributed by atoms with E-state index in [1.54, 1.807) is 6.20 Å². The van der Waals surface area contributed by atoms with E-state index in [9.17, 15) is 0 Å². The van der Waals surface area contributed by atoms with Gasteiger partial charge < -0.3 is 4.90 Å². The molecule has 1 aromatic heterocycles. The van der Waals surface area contributed by atoms with Gasteiger partial charge in [0.25, 0.3) is 0 Å². The van der Waals surface area contributed by atoms with E-state index < -0.39 is 0 Å². The van der Waals surface area contributed by atoms with Crippen LogP contribution in [-0.2, 0) is 0 Å². The van der Waals surface area contributed by atoms with Crippen molar-refractivity contribution in [3.63, 3.8) is 0 Å². The molecule has 1 saturated heterocycles. The molecule has 2 heterocycles. The van der Waals surface area contributed by atoms with Crippen LogP contribution in [0, 0.1) is 12.3 Å².